The number of pyridine rings is 1. The van der Waals surface area contributed by atoms with Crippen molar-refractivity contribution in [3.05, 3.63) is 47.7 Å². The van der Waals surface area contributed by atoms with Crippen LogP contribution in [-0.2, 0) is 11.4 Å². The second-order valence-electron chi connectivity index (χ2n) is 7.18. The largest absolute Gasteiger partial charge is 0.417 e. The molecule has 1 aromatic heterocycles. The van der Waals surface area contributed by atoms with E-state index in [1.54, 1.807) is 11.0 Å². The highest BCUT2D eigenvalue weighted by atomic mass is 19.1. The Kier molecular flexibility index (Phi) is 5.04. The summed E-state index contributed by atoms with van der Waals surface area (Å²) in [6.07, 6.45) is 1.43. The average Bonchev–Trinajstić information content (AvgIpc) is 2.54. The molecule has 1 N–H and O–H groups in total. The maximum atomic E-state index is 14.5. The fourth-order valence-corrected chi connectivity index (χ4v) is 2.54. The molecule has 0 amide bonds. The molecule has 1 saturated heterocycles. The lowest BCUT2D eigenvalue weighted by Gasteiger charge is -2.34. The van der Waals surface area contributed by atoms with Crippen LogP contribution in [0.5, 0.6) is 0 Å². The Balaban J connectivity index is 1.76. The summed E-state index contributed by atoms with van der Waals surface area (Å²) < 4.78 is 28.8. The number of halogens is 2. The molecule has 1 fully saturated rings. The number of rotatable bonds is 5. The third-order valence-electron chi connectivity index (χ3n) is 3.88. The number of aliphatic hydroxyl groups excluding tert-OH is 1. The van der Waals surface area contributed by atoms with E-state index in [0.29, 0.717) is 18.7 Å². The van der Waals surface area contributed by atoms with Crippen molar-refractivity contribution in [1.29, 1.82) is 0 Å². The topological polar surface area (TPSA) is 58.0 Å². The number of aliphatic hydroxyl groups is 1. The van der Waals surface area contributed by atoms with Crippen molar-refractivity contribution in [3.63, 3.8) is 0 Å². The second-order valence-corrected chi connectivity index (χ2v) is 7.18. The normalized spacial score (nSPS) is 14.1. The standard InChI is InChI=1S/C16H18B3F2N3O2/c17-16(18,19)26-23-11-6-24(7-11)15-13(20)4-10(5-22-15)12-3-1-2-9(8-25)14(12)21/h1-5,25H,6-8,17-19H2. The summed E-state index contributed by atoms with van der Waals surface area (Å²) in [5, 5.41) is 12.8. The van der Waals surface area contributed by atoms with E-state index in [4.69, 9.17) is 9.94 Å². The number of nitrogens with zero attached hydrogens (tertiary/aromatic N) is 3. The van der Waals surface area contributed by atoms with Crippen LogP contribution in [0, 0.1) is 11.6 Å². The summed E-state index contributed by atoms with van der Waals surface area (Å²) in [4.78, 5) is 11.2. The fraction of sp³-hybridized carbons (Fsp3) is 0.250. The summed E-state index contributed by atoms with van der Waals surface area (Å²) in [6, 6.07) is 5.88. The van der Waals surface area contributed by atoms with Crippen molar-refractivity contribution in [2.75, 3.05) is 18.0 Å². The smallest absolute Gasteiger partial charge is 0.166 e. The molecule has 0 saturated carbocycles. The average molecular weight is 355 g/mol. The minimum atomic E-state index is -0.568. The van der Waals surface area contributed by atoms with Gasteiger partial charge in [0.05, 0.1) is 25.4 Å². The number of anilines is 1. The van der Waals surface area contributed by atoms with Gasteiger partial charge in [-0.25, -0.2) is 13.8 Å². The van der Waals surface area contributed by atoms with E-state index < -0.39 is 18.2 Å². The molecule has 3 rings (SSSR count). The van der Waals surface area contributed by atoms with Crippen LogP contribution in [0.3, 0.4) is 0 Å². The monoisotopic (exact) mass is 355 g/mol. The van der Waals surface area contributed by atoms with Gasteiger partial charge in [0.2, 0.25) is 0 Å². The second kappa shape index (κ2) is 7.11. The molecule has 0 unspecified atom stereocenters. The van der Waals surface area contributed by atoms with Crippen molar-refractivity contribution in [1.82, 2.24) is 4.98 Å². The maximum absolute atomic E-state index is 14.5. The van der Waals surface area contributed by atoms with E-state index >= 15 is 0 Å². The van der Waals surface area contributed by atoms with Crippen LogP contribution in [0.4, 0.5) is 14.6 Å². The Bertz CT molecular complexity index is 851. The van der Waals surface area contributed by atoms with Gasteiger partial charge in [-0.1, -0.05) is 23.4 Å². The van der Waals surface area contributed by atoms with E-state index in [1.165, 1.54) is 24.4 Å². The van der Waals surface area contributed by atoms with E-state index in [0.717, 1.165) is 5.71 Å². The fourth-order valence-electron chi connectivity index (χ4n) is 2.54. The Labute approximate surface area is 153 Å². The predicted octanol–water partition coefficient (Wildman–Crippen LogP) is -0.778. The first-order chi connectivity index (χ1) is 12.3. The molecular formula is C16H18B3F2N3O2. The number of oxime groups is 1. The highest BCUT2D eigenvalue weighted by Gasteiger charge is 2.27. The Hall–Kier alpha value is -2.35. The lowest BCUT2D eigenvalue weighted by atomic mass is 9.52. The number of aromatic nitrogens is 1. The Morgan fingerprint density at radius 3 is 2.62 bits per heavy atom. The molecule has 5 nitrogen and oxygen atoms in total. The number of hydrogen-bond acceptors (Lipinski definition) is 5. The lowest BCUT2D eigenvalue weighted by Crippen LogP contribution is -2.49. The lowest BCUT2D eigenvalue weighted by molar-refractivity contribution is 0.137. The first kappa shape index (κ1) is 18.4. The molecule has 0 aliphatic carbocycles. The van der Waals surface area contributed by atoms with Crippen molar-refractivity contribution in [2.24, 2.45) is 5.16 Å². The molecule has 2 aromatic rings. The zero-order valence-corrected chi connectivity index (χ0v) is 15.0. The number of hydrogen-bond donors (Lipinski definition) is 1. The first-order valence-electron chi connectivity index (χ1n) is 8.31. The van der Waals surface area contributed by atoms with E-state index in [2.05, 4.69) is 10.1 Å². The highest BCUT2D eigenvalue weighted by molar-refractivity contribution is 6.58. The minimum absolute atomic E-state index is 0.162. The van der Waals surface area contributed by atoms with Gasteiger partial charge >= 0.3 is 0 Å². The third kappa shape index (κ3) is 3.90. The highest BCUT2D eigenvalue weighted by Crippen LogP contribution is 2.29. The van der Waals surface area contributed by atoms with Crippen LogP contribution in [0.2, 0.25) is 0 Å². The first-order valence-corrected chi connectivity index (χ1v) is 8.31. The van der Waals surface area contributed by atoms with Crippen molar-refractivity contribution in [3.8, 4) is 11.1 Å². The summed E-state index contributed by atoms with van der Waals surface area (Å²) in [5.41, 5.74) is 1.50. The van der Waals surface area contributed by atoms with Crippen LogP contribution >= 0.6 is 0 Å². The molecule has 2 heterocycles. The van der Waals surface area contributed by atoms with Gasteiger partial charge in [0, 0.05) is 28.2 Å². The van der Waals surface area contributed by atoms with Gasteiger partial charge in [-0.15, -0.1) is 0 Å². The molecular weight excluding hydrogens is 337 g/mol. The van der Waals surface area contributed by atoms with Crippen molar-refractivity contribution < 1.29 is 18.7 Å². The molecule has 0 bridgehead atoms. The quantitative estimate of drug-likeness (QED) is 0.565. The zero-order valence-electron chi connectivity index (χ0n) is 15.0. The van der Waals surface area contributed by atoms with Gasteiger partial charge in [0.1, 0.15) is 29.4 Å². The molecule has 10 heteroatoms. The molecule has 132 valence electrons. The van der Waals surface area contributed by atoms with Gasteiger partial charge in [-0.3, -0.25) is 0 Å². The molecule has 1 aliphatic rings. The van der Waals surface area contributed by atoms with Gasteiger partial charge in [0.25, 0.3) is 0 Å². The van der Waals surface area contributed by atoms with E-state index in [9.17, 15) is 8.78 Å². The van der Waals surface area contributed by atoms with Crippen molar-refractivity contribution in [2.45, 2.75) is 11.9 Å². The van der Waals surface area contributed by atoms with Crippen LogP contribution in [0.25, 0.3) is 11.1 Å². The third-order valence-corrected chi connectivity index (χ3v) is 3.88. The summed E-state index contributed by atoms with van der Waals surface area (Å²) in [5.74, 6) is -0.907. The predicted molar refractivity (Wildman–Crippen MR) is 105 cm³/mol. The van der Waals surface area contributed by atoms with Crippen LogP contribution in [0.1, 0.15) is 5.56 Å². The molecule has 1 aliphatic heterocycles. The van der Waals surface area contributed by atoms with Crippen molar-refractivity contribution >= 4 is 35.1 Å². The minimum Gasteiger partial charge on any atom is -0.417 e. The summed E-state index contributed by atoms with van der Waals surface area (Å²) in [7, 11) is 5.70. The summed E-state index contributed by atoms with van der Waals surface area (Å²) in [6.45, 7) is 0.460. The van der Waals surface area contributed by atoms with Gasteiger partial charge in [-0.2, -0.15) is 0 Å². The SMILES string of the molecule is BC(B)(B)ON=C1CN(c2ncc(-c3cccc(CO)c3F)cc2F)C1. The molecule has 0 atom stereocenters. The van der Waals surface area contributed by atoms with E-state index in [-0.39, 0.29) is 22.2 Å². The van der Waals surface area contributed by atoms with Crippen LogP contribution < -0.4 is 4.90 Å². The summed E-state index contributed by atoms with van der Waals surface area (Å²) >= 11 is 0. The Morgan fingerprint density at radius 1 is 1.27 bits per heavy atom. The molecule has 0 spiro atoms. The van der Waals surface area contributed by atoms with Crippen LogP contribution in [-0.4, -0.2) is 57.7 Å². The van der Waals surface area contributed by atoms with Gasteiger partial charge in [-0.05, 0) is 6.07 Å². The molecule has 0 radical (unpaired) electrons. The molecule has 1 aromatic carbocycles. The maximum Gasteiger partial charge on any atom is 0.166 e. The molecule has 26 heavy (non-hydrogen) atoms. The van der Waals surface area contributed by atoms with E-state index in [1.807, 2.05) is 23.5 Å². The van der Waals surface area contributed by atoms with Crippen LogP contribution in [0.15, 0.2) is 35.6 Å². The van der Waals surface area contributed by atoms with Gasteiger partial charge in [0.15, 0.2) is 11.6 Å². The van der Waals surface area contributed by atoms with Gasteiger partial charge < -0.3 is 14.8 Å². The number of benzene rings is 1. The zero-order chi connectivity index (χ0) is 18.9. The Morgan fingerprint density at radius 2 is 2.00 bits per heavy atom.